The maximum atomic E-state index is 12.2. The van der Waals surface area contributed by atoms with Gasteiger partial charge in [-0.15, -0.1) is 12.4 Å². The van der Waals surface area contributed by atoms with E-state index in [1.165, 1.54) is 0 Å². The maximum absolute atomic E-state index is 12.2. The van der Waals surface area contributed by atoms with Gasteiger partial charge in [-0.3, -0.25) is 9.89 Å². The third-order valence-electron chi connectivity index (χ3n) is 2.99. The van der Waals surface area contributed by atoms with Crippen molar-refractivity contribution in [2.45, 2.75) is 26.3 Å². The Morgan fingerprint density at radius 2 is 2.41 bits per heavy atom. The number of H-pyrrole nitrogens is 1. The summed E-state index contributed by atoms with van der Waals surface area (Å²) in [4.78, 5) is 14.0. The van der Waals surface area contributed by atoms with Gasteiger partial charge < -0.3 is 10.2 Å². The third kappa shape index (κ3) is 2.98. The number of aryl methyl sites for hydroxylation is 1. The van der Waals surface area contributed by atoms with E-state index in [1.807, 2.05) is 17.9 Å². The summed E-state index contributed by atoms with van der Waals surface area (Å²) in [7, 11) is 0. The van der Waals surface area contributed by atoms with E-state index in [9.17, 15) is 4.79 Å². The van der Waals surface area contributed by atoms with Crippen LogP contribution in [0.3, 0.4) is 0 Å². The number of hydrogen-bond donors (Lipinski definition) is 2. The van der Waals surface area contributed by atoms with Gasteiger partial charge in [0.25, 0.3) is 5.91 Å². The van der Waals surface area contributed by atoms with E-state index >= 15 is 0 Å². The van der Waals surface area contributed by atoms with E-state index < -0.39 is 0 Å². The van der Waals surface area contributed by atoms with Gasteiger partial charge in [0.05, 0.1) is 0 Å². The largest absolute Gasteiger partial charge is 0.332 e. The predicted molar refractivity (Wildman–Crippen MR) is 68.6 cm³/mol. The molecule has 96 valence electrons. The average Bonchev–Trinajstić information content (AvgIpc) is 2.77. The van der Waals surface area contributed by atoms with Crippen molar-refractivity contribution in [1.82, 2.24) is 20.4 Å². The van der Waals surface area contributed by atoms with Gasteiger partial charge in [-0.05, 0) is 19.4 Å². The lowest BCUT2D eigenvalue weighted by Gasteiger charge is -2.33. The average molecular weight is 259 g/mol. The Morgan fingerprint density at radius 3 is 3.00 bits per heavy atom. The molecule has 17 heavy (non-hydrogen) atoms. The molecule has 1 aliphatic rings. The molecule has 1 fully saturated rings. The molecule has 2 heterocycles. The summed E-state index contributed by atoms with van der Waals surface area (Å²) in [5, 5.41) is 10.2. The molecule has 0 unspecified atom stereocenters. The smallest absolute Gasteiger partial charge is 0.274 e. The molecule has 0 radical (unpaired) electrons. The number of piperazine rings is 1. The lowest BCUT2D eigenvalue weighted by atomic mass is 10.2. The summed E-state index contributed by atoms with van der Waals surface area (Å²) in [6.07, 6.45) is 0.872. The van der Waals surface area contributed by atoms with Crippen molar-refractivity contribution < 1.29 is 4.79 Å². The summed E-state index contributed by atoms with van der Waals surface area (Å²) in [5.41, 5.74) is 1.54. The highest BCUT2D eigenvalue weighted by atomic mass is 35.5. The van der Waals surface area contributed by atoms with Gasteiger partial charge in [0.15, 0.2) is 0 Å². The van der Waals surface area contributed by atoms with Crippen molar-refractivity contribution in [2.24, 2.45) is 0 Å². The Kier molecular flexibility index (Phi) is 4.96. The van der Waals surface area contributed by atoms with Crippen LogP contribution in [0.1, 0.15) is 30.0 Å². The van der Waals surface area contributed by atoms with Crippen LogP contribution < -0.4 is 5.32 Å². The Labute approximate surface area is 107 Å². The molecule has 1 atom stereocenters. The molecule has 0 aliphatic carbocycles. The first-order chi connectivity index (χ1) is 7.72. The van der Waals surface area contributed by atoms with Crippen LogP contribution in [0.5, 0.6) is 0 Å². The Morgan fingerprint density at radius 1 is 1.65 bits per heavy atom. The molecule has 0 spiro atoms. The van der Waals surface area contributed by atoms with Gasteiger partial charge in [-0.2, -0.15) is 5.10 Å². The van der Waals surface area contributed by atoms with E-state index in [2.05, 4.69) is 22.4 Å². The zero-order chi connectivity index (χ0) is 11.5. The molecule has 1 aromatic heterocycles. The van der Waals surface area contributed by atoms with Crippen molar-refractivity contribution in [1.29, 1.82) is 0 Å². The number of nitrogens with zero attached hydrogens (tertiary/aromatic N) is 2. The lowest BCUT2D eigenvalue weighted by Crippen LogP contribution is -2.52. The van der Waals surface area contributed by atoms with Gasteiger partial charge in [0, 0.05) is 31.4 Å². The van der Waals surface area contributed by atoms with Crippen molar-refractivity contribution >= 4 is 18.3 Å². The van der Waals surface area contributed by atoms with Crippen LogP contribution >= 0.6 is 12.4 Å². The molecule has 0 aromatic carbocycles. The van der Waals surface area contributed by atoms with Gasteiger partial charge in [-0.1, -0.05) is 6.92 Å². The number of aromatic nitrogens is 2. The number of aromatic amines is 1. The molecule has 2 rings (SSSR count). The van der Waals surface area contributed by atoms with Crippen LogP contribution in [0.4, 0.5) is 0 Å². The van der Waals surface area contributed by atoms with Gasteiger partial charge in [-0.25, -0.2) is 0 Å². The fourth-order valence-electron chi connectivity index (χ4n) is 1.94. The number of nitrogens with one attached hydrogen (secondary N) is 2. The van der Waals surface area contributed by atoms with Gasteiger partial charge >= 0.3 is 0 Å². The Hall–Kier alpha value is -1.07. The second kappa shape index (κ2) is 6.02. The quantitative estimate of drug-likeness (QED) is 0.826. The van der Waals surface area contributed by atoms with Crippen LogP contribution in [-0.4, -0.2) is 46.7 Å². The molecule has 0 saturated carbocycles. The topological polar surface area (TPSA) is 61.0 Å². The van der Waals surface area contributed by atoms with E-state index in [-0.39, 0.29) is 24.4 Å². The molecule has 2 N–H and O–H groups in total. The Balaban J connectivity index is 0.00000144. The highest BCUT2D eigenvalue weighted by Crippen LogP contribution is 2.09. The first-order valence-electron chi connectivity index (χ1n) is 5.78. The second-order valence-corrected chi connectivity index (χ2v) is 4.18. The van der Waals surface area contributed by atoms with Crippen molar-refractivity contribution in [3.63, 3.8) is 0 Å². The molecule has 1 amide bonds. The Bertz CT molecular complexity index is 379. The predicted octanol–water partition coefficient (Wildman–Crippen LogP) is 0.828. The number of carbonyl (C=O) groups excluding carboxylic acids is 1. The van der Waals surface area contributed by atoms with Crippen LogP contribution in [0, 0.1) is 0 Å². The van der Waals surface area contributed by atoms with Crippen LogP contribution in [-0.2, 0) is 6.42 Å². The molecular weight excluding hydrogens is 240 g/mol. The number of carbonyl (C=O) groups is 1. The first-order valence-corrected chi connectivity index (χ1v) is 5.78. The molecule has 6 heteroatoms. The van der Waals surface area contributed by atoms with Crippen LogP contribution in [0.25, 0.3) is 0 Å². The number of halogens is 1. The zero-order valence-electron chi connectivity index (χ0n) is 10.2. The minimum absolute atomic E-state index is 0. The van der Waals surface area contributed by atoms with E-state index in [1.54, 1.807) is 0 Å². The molecule has 0 bridgehead atoms. The van der Waals surface area contributed by atoms with Gasteiger partial charge in [0.1, 0.15) is 5.69 Å². The van der Waals surface area contributed by atoms with E-state index in [0.717, 1.165) is 31.7 Å². The number of rotatable bonds is 2. The maximum Gasteiger partial charge on any atom is 0.274 e. The second-order valence-electron chi connectivity index (χ2n) is 4.18. The molecule has 1 aliphatic heterocycles. The summed E-state index contributed by atoms with van der Waals surface area (Å²) in [6.45, 7) is 6.57. The fourth-order valence-corrected chi connectivity index (χ4v) is 1.94. The molecule has 5 nitrogen and oxygen atoms in total. The highest BCUT2D eigenvalue weighted by Gasteiger charge is 2.25. The van der Waals surface area contributed by atoms with Crippen molar-refractivity contribution in [3.8, 4) is 0 Å². The standard InChI is InChI=1S/C11H18N4O.ClH/c1-3-9-6-10(14-13-9)11(16)15-5-4-12-7-8(15)2;/h6,8,12H,3-5,7H2,1-2H3,(H,13,14);1H/t8-;/m1./s1. The highest BCUT2D eigenvalue weighted by molar-refractivity contribution is 5.92. The molecule has 1 saturated heterocycles. The third-order valence-corrected chi connectivity index (χ3v) is 2.99. The van der Waals surface area contributed by atoms with E-state index in [0.29, 0.717) is 5.69 Å². The monoisotopic (exact) mass is 258 g/mol. The fraction of sp³-hybridized carbons (Fsp3) is 0.636. The van der Waals surface area contributed by atoms with Crippen LogP contribution in [0.2, 0.25) is 0 Å². The summed E-state index contributed by atoms with van der Waals surface area (Å²) in [5.74, 6) is 0.0324. The first kappa shape index (κ1) is 14.0. The molecular formula is C11H19ClN4O. The molecule has 1 aromatic rings. The number of amides is 1. The summed E-state index contributed by atoms with van der Waals surface area (Å²) < 4.78 is 0. The van der Waals surface area contributed by atoms with Gasteiger partial charge in [0.2, 0.25) is 0 Å². The summed E-state index contributed by atoms with van der Waals surface area (Å²) in [6, 6.07) is 2.08. The zero-order valence-corrected chi connectivity index (χ0v) is 11.0. The minimum atomic E-state index is 0. The normalized spacial score (nSPS) is 19.9. The lowest BCUT2D eigenvalue weighted by molar-refractivity contribution is 0.0649. The van der Waals surface area contributed by atoms with E-state index in [4.69, 9.17) is 0 Å². The van der Waals surface area contributed by atoms with Crippen molar-refractivity contribution in [3.05, 3.63) is 17.5 Å². The summed E-state index contributed by atoms with van der Waals surface area (Å²) >= 11 is 0. The van der Waals surface area contributed by atoms with Crippen LogP contribution in [0.15, 0.2) is 6.07 Å². The minimum Gasteiger partial charge on any atom is -0.332 e. The van der Waals surface area contributed by atoms with Crippen molar-refractivity contribution in [2.75, 3.05) is 19.6 Å². The SMILES string of the molecule is CCc1cc(C(=O)N2CCNC[C@H]2C)n[nH]1.Cl. The number of hydrogen-bond acceptors (Lipinski definition) is 3.